The Bertz CT molecular complexity index is 307. The topological polar surface area (TPSA) is 55.1 Å². The van der Waals surface area contributed by atoms with E-state index in [9.17, 15) is 4.79 Å². The van der Waals surface area contributed by atoms with Crippen LogP contribution in [0, 0.1) is 0 Å². The van der Waals surface area contributed by atoms with Crippen molar-refractivity contribution < 1.29 is 4.79 Å². The highest BCUT2D eigenvalue weighted by molar-refractivity contribution is 5.73. The van der Waals surface area contributed by atoms with Gasteiger partial charge in [0, 0.05) is 12.5 Å². The third-order valence-corrected chi connectivity index (χ3v) is 5.69. The molecule has 3 nitrogen and oxygen atoms in total. The summed E-state index contributed by atoms with van der Waals surface area (Å²) in [5, 5.41) is 3.30. The molecule has 0 aromatic heterocycles. The van der Waals surface area contributed by atoms with Crippen LogP contribution in [0.1, 0.15) is 150 Å². The third kappa shape index (κ3) is 32.3. The Hall–Kier alpha value is -0.570. The summed E-state index contributed by atoms with van der Waals surface area (Å²) in [6, 6.07) is 0.699. The molecule has 3 N–H and O–H groups in total. The lowest BCUT2D eigenvalue weighted by molar-refractivity contribution is -0.118. The van der Waals surface area contributed by atoms with Crippen molar-refractivity contribution in [1.82, 2.24) is 5.32 Å². The van der Waals surface area contributed by atoms with Crippen molar-refractivity contribution in [3.63, 3.8) is 0 Å². The minimum absolute atomic E-state index is 0.152. The Morgan fingerprint density at radius 1 is 0.655 bits per heavy atom. The lowest BCUT2D eigenvalue weighted by Gasteiger charge is -2.06. The first kappa shape index (κ1) is 30.6. The van der Waals surface area contributed by atoms with E-state index < -0.39 is 0 Å². The molecule has 0 radical (unpaired) electrons. The highest BCUT2D eigenvalue weighted by Crippen LogP contribution is 2.14. The minimum atomic E-state index is -0.152. The first-order chi connectivity index (χ1) is 14.1. The molecule has 0 fully saturated rings. The quantitative estimate of drug-likeness (QED) is 0.188. The van der Waals surface area contributed by atoms with Crippen LogP contribution in [-0.2, 0) is 4.79 Å². The summed E-state index contributed by atoms with van der Waals surface area (Å²) in [5.74, 6) is -0.152. The minimum Gasteiger partial charge on any atom is -0.370 e. The monoisotopic (exact) mass is 412 g/mol. The van der Waals surface area contributed by atoms with Crippen LogP contribution in [0.4, 0.5) is 0 Å². The van der Waals surface area contributed by atoms with Crippen LogP contribution in [0.3, 0.4) is 0 Å². The normalized spacial score (nSPS) is 11.7. The second-order valence-electron chi connectivity index (χ2n) is 8.74. The first-order valence-corrected chi connectivity index (χ1v) is 13.1. The second-order valence-corrected chi connectivity index (χ2v) is 8.74. The molecule has 0 heterocycles. The van der Waals surface area contributed by atoms with E-state index in [4.69, 9.17) is 5.73 Å². The Balaban J connectivity index is 0. The SMILES string of the molecule is CCCCCCCCCCCCCCCCCCCC(N)=O.CCNC(C)CC. The summed E-state index contributed by atoms with van der Waals surface area (Å²) in [7, 11) is 0. The molecule has 1 unspecified atom stereocenters. The maximum absolute atomic E-state index is 10.6. The highest BCUT2D eigenvalue weighted by Gasteiger charge is 1.96. The molecule has 3 heteroatoms. The standard InChI is InChI=1S/C20H41NO.C6H15N/c1-2-3-4-5-6-7-8-9-10-11-12-13-14-15-16-17-18-19-20(21)22;1-4-6(3)7-5-2/h2-19H2,1H3,(H2,21,22);6-7H,4-5H2,1-3H3. The summed E-state index contributed by atoms with van der Waals surface area (Å²) in [6.07, 6.45) is 25.1. The lowest BCUT2D eigenvalue weighted by Crippen LogP contribution is -2.24. The molecule has 176 valence electrons. The van der Waals surface area contributed by atoms with Gasteiger partial charge in [-0.1, -0.05) is 124 Å². The first-order valence-electron chi connectivity index (χ1n) is 13.1. The van der Waals surface area contributed by atoms with Gasteiger partial charge in [0.15, 0.2) is 0 Å². The van der Waals surface area contributed by atoms with E-state index in [1.807, 2.05) is 0 Å². The summed E-state index contributed by atoms with van der Waals surface area (Å²) in [5.41, 5.74) is 5.12. The molecule has 0 bridgehead atoms. The van der Waals surface area contributed by atoms with Gasteiger partial charge < -0.3 is 11.1 Å². The number of rotatable bonds is 21. The van der Waals surface area contributed by atoms with Crippen LogP contribution in [0.2, 0.25) is 0 Å². The molecular formula is C26H56N2O. The van der Waals surface area contributed by atoms with Gasteiger partial charge >= 0.3 is 0 Å². The molecule has 0 aliphatic heterocycles. The molecule has 0 saturated carbocycles. The summed E-state index contributed by atoms with van der Waals surface area (Å²) in [6.45, 7) is 9.89. The number of hydrogen-bond donors (Lipinski definition) is 2. The van der Waals surface area contributed by atoms with Gasteiger partial charge in [-0.15, -0.1) is 0 Å². The smallest absolute Gasteiger partial charge is 0.217 e. The third-order valence-electron chi connectivity index (χ3n) is 5.69. The second kappa shape index (κ2) is 27.4. The average molecular weight is 413 g/mol. The van der Waals surface area contributed by atoms with E-state index in [1.54, 1.807) is 0 Å². The number of nitrogens with one attached hydrogen (secondary N) is 1. The highest BCUT2D eigenvalue weighted by atomic mass is 16.1. The zero-order valence-corrected chi connectivity index (χ0v) is 20.7. The number of hydrogen-bond acceptors (Lipinski definition) is 2. The molecule has 0 aliphatic carbocycles. The Kier molecular flexibility index (Phi) is 29.0. The fourth-order valence-corrected chi connectivity index (χ4v) is 3.52. The molecule has 0 saturated heterocycles. The molecular weight excluding hydrogens is 356 g/mol. The maximum atomic E-state index is 10.6. The van der Waals surface area contributed by atoms with Crippen LogP contribution in [-0.4, -0.2) is 18.5 Å². The van der Waals surface area contributed by atoms with Crippen molar-refractivity contribution >= 4 is 5.91 Å². The number of amides is 1. The van der Waals surface area contributed by atoms with Crippen LogP contribution in [0.5, 0.6) is 0 Å². The molecule has 1 atom stereocenters. The van der Waals surface area contributed by atoms with Gasteiger partial charge in [-0.3, -0.25) is 4.79 Å². The molecule has 1 amide bonds. The fraction of sp³-hybridized carbons (Fsp3) is 0.962. The number of unbranched alkanes of at least 4 members (excludes halogenated alkanes) is 16. The molecule has 29 heavy (non-hydrogen) atoms. The molecule has 0 aromatic carbocycles. The predicted octanol–water partition coefficient (Wildman–Crippen LogP) is 7.91. The number of primary amides is 1. The Morgan fingerprint density at radius 3 is 1.24 bits per heavy atom. The number of nitrogens with two attached hydrogens (primary N) is 1. The van der Waals surface area contributed by atoms with Gasteiger partial charge in [-0.25, -0.2) is 0 Å². The lowest BCUT2D eigenvalue weighted by atomic mass is 10.0. The van der Waals surface area contributed by atoms with Crippen molar-refractivity contribution in [2.75, 3.05) is 6.54 Å². The van der Waals surface area contributed by atoms with E-state index in [2.05, 4.69) is 33.0 Å². The van der Waals surface area contributed by atoms with Crippen molar-refractivity contribution in [1.29, 1.82) is 0 Å². The molecule has 0 spiro atoms. The fourth-order valence-electron chi connectivity index (χ4n) is 3.52. The van der Waals surface area contributed by atoms with Crippen molar-refractivity contribution in [3.05, 3.63) is 0 Å². The van der Waals surface area contributed by atoms with Crippen molar-refractivity contribution in [2.24, 2.45) is 5.73 Å². The summed E-state index contributed by atoms with van der Waals surface area (Å²) < 4.78 is 0. The Morgan fingerprint density at radius 2 is 1.00 bits per heavy atom. The average Bonchev–Trinajstić information content (AvgIpc) is 2.70. The summed E-state index contributed by atoms with van der Waals surface area (Å²) >= 11 is 0. The predicted molar refractivity (Wildman–Crippen MR) is 131 cm³/mol. The molecule has 0 aliphatic rings. The van der Waals surface area contributed by atoms with Gasteiger partial charge in [0.05, 0.1) is 0 Å². The number of carbonyl (C=O) groups excluding carboxylic acids is 1. The van der Waals surface area contributed by atoms with Crippen LogP contribution < -0.4 is 11.1 Å². The van der Waals surface area contributed by atoms with Gasteiger partial charge in [0.2, 0.25) is 5.91 Å². The zero-order valence-electron chi connectivity index (χ0n) is 20.7. The van der Waals surface area contributed by atoms with Crippen LogP contribution in [0.15, 0.2) is 0 Å². The van der Waals surface area contributed by atoms with Gasteiger partial charge in [-0.2, -0.15) is 0 Å². The van der Waals surface area contributed by atoms with E-state index in [0.29, 0.717) is 12.5 Å². The van der Waals surface area contributed by atoms with E-state index in [-0.39, 0.29) is 5.91 Å². The van der Waals surface area contributed by atoms with Crippen LogP contribution in [0.25, 0.3) is 0 Å². The molecule has 0 aromatic rings. The number of carbonyl (C=O) groups is 1. The van der Waals surface area contributed by atoms with E-state index >= 15 is 0 Å². The van der Waals surface area contributed by atoms with Crippen molar-refractivity contribution in [3.8, 4) is 0 Å². The summed E-state index contributed by atoms with van der Waals surface area (Å²) in [4.78, 5) is 10.6. The Labute approximate surface area is 184 Å². The maximum Gasteiger partial charge on any atom is 0.217 e. The van der Waals surface area contributed by atoms with Gasteiger partial charge in [0.1, 0.15) is 0 Å². The largest absolute Gasteiger partial charge is 0.370 e. The van der Waals surface area contributed by atoms with E-state index in [1.165, 1.54) is 109 Å². The van der Waals surface area contributed by atoms with Gasteiger partial charge in [-0.05, 0) is 26.3 Å². The molecule has 0 rings (SSSR count). The zero-order chi connectivity index (χ0) is 22.0. The van der Waals surface area contributed by atoms with Gasteiger partial charge in [0.25, 0.3) is 0 Å². The van der Waals surface area contributed by atoms with Crippen LogP contribution >= 0.6 is 0 Å². The van der Waals surface area contributed by atoms with E-state index in [0.717, 1.165) is 13.0 Å². The van der Waals surface area contributed by atoms with Crippen molar-refractivity contribution in [2.45, 2.75) is 156 Å².